The van der Waals surface area contributed by atoms with Gasteiger partial charge in [0, 0.05) is 38.8 Å². The van der Waals surface area contributed by atoms with Gasteiger partial charge in [0.2, 0.25) is 0 Å². The molecule has 2 atom stereocenters. The number of ether oxygens (including phenoxy) is 2. The molecule has 3 saturated heterocycles. The maximum atomic E-state index is 6.23. The molecule has 0 saturated carbocycles. The molecule has 4 aliphatic rings. The largest absolute Gasteiger partial charge is 0.486 e. The molecule has 0 radical (unpaired) electrons. The first-order valence-corrected chi connectivity index (χ1v) is 11.9. The lowest BCUT2D eigenvalue weighted by molar-refractivity contribution is 0.0844. The first kappa shape index (κ1) is 20.2. The SMILES string of the molecule is C[C@H]1CN(C2CNC2)CC[C@H]1c1ccc2c(c1)Nc1ncnc(N3CCOCC3)c1CO2. The zero-order valence-electron chi connectivity index (χ0n) is 18.7. The third kappa shape index (κ3) is 3.70. The van der Waals surface area contributed by atoms with E-state index in [9.17, 15) is 0 Å². The Morgan fingerprint density at radius 3 is 2.75 bits per heavy atom. The van der Waals surface area contributed by atoms with Crippen molar-refractivity contribution in [2.75, 3.05) is 62.7 Å². The summed E-state index contributed by atoms with van der Waals surface area (Å²) in [6, 6.07) is 7.40. The van der Waals surface area contributed by atoms with Crippen LogP contribution in [0, 0.1) is 5.92 Å². The predicted molar refractivity (Wildman–Crippen MR) is 124 cm³/mol. The molecule has 8 heteroatoms. The molecule has 1 aromatic carbocycles. The highest BCUT2D eigenvalue weighted by Crippen LogP contribution is 2.40. The van der Waals surface area contributed by atoms with Crippen molar-refractivity contribution in [3.8, 4) is 5.75 Å². The Morgan fingerprint density at radius 2 is 1.97 bits per heavy atom. The van der Waals surface area contributed by atoms with E-state index in [0.29, 0.717) is 18.4 Å². The average molecular weight is 437 g/mol. The Balaban J connectivity index is 1.23. The van der Waals surface area contributed by atoms with Gasteiger partial charge in [-0.15, -0.1) is 0 Å². The lowest BCUT2D eigenvalue weighted by Gasteiger charge is -2.45. The van der Waals surface area contributed by atoms with Crippen LogP contribution in [0.4, 0.5) is 17.3 Å². The van der Waals surface area contributed by atoms with Crippen molar-refractivity contribution >= 4 is 17.3 Å². The standard InChI is InChI=1S/C24H32N6O2/c1-16-13-30(18-11-25-12-18)5-4-19(16)17-2-3-22-21(10-17)28-23-20(14-32-22)24(27-15-26-23)29-6-8-31-9-7-29/h2-3,10,15-16,18-19,25H,4-9,11-14H2,1H3,(H,26,27,28)/t16-,19+/m0/s1. The smallest absolute Gasteiger partial charge is 0.143 e. The molecule has 1 aromatic heterocycles. The molecule has 0 spiro atoms. The second-order valence-electron chi connectivity index (χ2n) is 9.47. The van der Waals surface area contributed by atoms with E-state index in [4.69, 9.17) is 9.47 Å². The summed E-state index contributed by atoms with van der Waals surface area (Å²) < 4.78 is 11.7. The molecular weight excluding hydrogens is 404 g/mol. The van der Waals surface area contributed by atoms with Crippen LogP contribution in [0.15, 0.2) is 24.5 Å². The van der Waals surface area contributed by atoms with Gasteiger partial charge >= 0.3 is 0 Å². The molecule has 4 aliphatic heterocycles. The predicted octanol–water partition coefficient (Wildman–Crippen LogP) is 2.35. The third-order valence-electron chi connectivity index (χ3n) is 7.50. The number of nitrogens with one attached hydrogen (secondary N) is 2. The number of anilines is 3. The van der Waals surface area contributed by atoms with Gasteiger partial charge in [-0.3, -0.25) is 4.90 Å². The number of hydrogen-bond donors (Lipinski definition) is 2. The van der Waals surface area contributed by atoms with Crippen LogP contribution in [0.3, 0.4) is 0 Å². The van der Waals surface area contributed by atoms with Crippen molar-refractivity contribution < 1.29 is 9.47 Å². The number of morpholine rings is 1. The summed E-state index contributed by atoms with van der Waals surface area (Å²) in [6.07, 6.45) is 2.86. The van der Waals surface area contributed by atoms with Crippen molar-refractivity contribution in [3.63, 3.8) is 0 Å². The Hall–Kier alpha value is -2.42. The first-order chi connectivity index (χ1) is 15.8. The van der Waals surface area contributed by atoms with Gasteiger partial charge in [-0.2, -0.15) is 0 Å². The number of likely N-dealkylation sites (tertiary alicyclic amines) is 1. The maximum Gasteiger partial charge on any atom is 0.143 e. The van der Waals surface area contributed by atoms with E-state index in [2.05, 4.69) is 55.5 Å². The molecule has 170 valence electrons. The van der Waals surface area contributed by atoms with Gasteiger partial charge in [0.05, 0.1) is 24.5 Å². The van der Waals surface area contributed by atoms with Crippen LogP contribution >= 0.6 is 0 Å². The number of hydrogen-bond acceptors (Lipinski definition) is 8. The molecule has 2 N–H and O–H groups in total. The third-order valence-corrected chi connectivity index (χ3v) is 7.50. The molecule has 8 nitrogen and oxygen atoms in total. The van der Waals surface area contributed by atoms with Crippen molar-refractivity contribution in [2.45, 2.75) is 31.9 Å². The normalized spacial score (nSPS) is 26.2. The zero-order valence-corrected chi connectivity index (χ0v) is 18.7. The number of rotatable bonds is 3. The summed E-state index contributed by atoms with van der Waals surface area (Å²) >= 11 is 0. The fourth-order valence-corrected chi connectivity index (χ4v) is 5.51. The lowest BCUT2D eigenvalue weighted by atomic mass is 9.80. The van der Waals surface area contributed by atoms with Gasteiger partial charge in [-0.05, 0) is 42.5 Å². The maximum absolute atomic E-state index is 6.23. The monoisotopic (exact) mass is 436 g/mol. The highest BCUT2D eigenvalue weighted by atomic mass is 16.5. The Morgan fingerprint density at radius 1 is 1.09 bits per heavy atom. The summed E-state index contributed by atoms with van der Waals surface area (Å²) in [7, 11) is 0. The van der Waals surface area contributed by atoms with Crippen LogP contribution in [-0.4, -0.2) is 73.4 Å². The number of aromatic nitrogens is 2. The van der Waals surface area contributed by atoms with Crippen molar-refractivity contribution in [1.82, 2.24) is 20.2 Å². The summed E-state index contributed by atoms with van der Waals surface area (Å²) in [4.78, 5) is 14.1. The highest BCUT2D eigenvalue weighted by Gasteiger charge is 2.33. The molecule has 32 heavy (non-hydrogen) atoms. The summed E-state index contributed by atoms with van der Waals surface area (Å²) in [5.41, 5.74) is 3.42. The molecule has 6 rings (SSSR count). The van der Waals surface area contributed by atoms with E-state index in [0.717, 1.165) is 74.1 Å². The van der Waals surface area contributed by atoms with Gasteiger partial charge in [-0.25, -0.2) is 9.97 Å². The average Bonchev–Trinajstić information content (AvgIpc) is 2.97. The molecule has 3 fully saturated rings. The van der Waals surface area contributed by atoms with Crippen molar-refractivity contribution in [3.05, 3.63) is 35.7 Å². The summed E-state index contributed by atoms with van der Waals surface area (Å²) in [5, 5.41) is 6.98. The zero-order chi connectivity index (χ0) is 21.5. The van der Waals surface area contributed by atoms with Crippen molar-refractivity contribution in [2.24, 2.45) is 5.92 Å². The molecule has 0 unspecified atom stereocenters. The molecule has 0 amide bonds. The van der Waals surface area contributed by atoms with E-state index in [-0.39, 0.29) is 0 Å². The van der Waals surface area contributed by atoms with E-state index < -0.39 is 0 Å². The highest BCUT2D eigenvalue weighted by molar-refractivity contribution is 5.71. The second-order valence-corrected chi connectivity index (χ2v) is 9.47. The second kappa shape index (κ2) is 8.50. The van der Waals surface area contributed by atoms with Crippen LogP contribution in [-0.2, 0) is 11.3 Å². The number of benzene rings is 1. The number of nitrogens with zero attached hydrogens (tertiary/aromatic N) is 4. The topological polar surface area (TPSA) is 74.8 Å². The van der Waals surface area contributed by atoms with Crippen LogP contribution in [0.5, 0.6) is 5.75 Å². The van der Waals surface area contributed by atoms with Gasteiger partial charge < -0.3 is 25.0 Å². The molecule has 0 bridgehead atoms. The number of fused-ring (bicyclic) bond motifs is 2. The van der Waals surface area contributed by atoms with Gasteiger partial charge in [0.25, 0.3) is 0 Å². The molecule has 5 heterocycles. The quantitative estimate of drug-likeness (QED) is 0.760. The van der Waals surface area contributed by atoms with E-state index in [1.54, 1.807) is 6.33 Å². The minimum absolute atomic E-state index is 0.465. The van der Waals surface area contributed by atoms with E-state index in [1.807, 2.05) is 0 Å². The number of piperidine rings is 1. The van der Waals surface area contributed by atoms with Crippen LogP contribution in [0.2, 0.25) is 0 Å². The van der Waals surface area contributed by atoms with Crippen LogP contribution < -0.4 is 20.3 Å². The summed E-state index contributed by atoms with van der Waals surface area (Å²) in [5.74, 6) is 3.88. The van der Waals surface area contributed by atoms with Gasteiger partial charge in [0.15, 0.2) is 0 Å². The minimum Gasteiger partial charge on any atom is -0.486 e. The fraction of sp³-hybridized carbons (Fsp3) is 0.583. The van der Waals surface area contributed by atoms with Crippen molar-refractivity contribution in [1.29, 1.82) is 0 Å². The van der Waals surface area contributed by atoms with Crippen LogP contribution in [0.25, 0.3) is 0 Å². The molecule has 0 aliphatic carbocycles. The Labute approximate surface area is 189 Å². The minimum atomic E-state index is 0.465. The van der Waals surface area contributed by atoms with Crippen LogP contribution in [0.1, 0.15) is 30.4 Å². The first-order valence-electron chi connectivity index (χ1n) is 11.9. The Kier molecular flexibility index (Phi) is 5.37. The summed E-state index contributed by atoms with van der Waals surface area (Å²) in [6.45, 7) is 10.6. The Bertz CT molecular complexity index is 975. The van der Waals surface area contributed by atoms with E-state index >= 15 is 0 Å². The van der Waals surface area contributed by atoms with E-state index in [1.165, 1.54) is 25.1 Å². The van der Waals surface area contributed by atoms with Gasteiger partial charge in [0.1, 0.15) is 30.3 Å². The lowest BCUT2D eigenvalue weighted by Crippen LogP contribution is -2.59. The fourth-order valence-electron chi connectivity index (χ4n) is 5.51. The van der Waals surface area contributed by atoms with Gasteiger partial charge in [-0.1, -0.05) is 13.0 Å². The molecular formula is C24H32N6O2. The molecule has 2 aromatic rings.